The van der Waals surface area contributed by atoms with Gasteiger partial charge in [0.1, 0.15) is 0 Å². The normalized spacial score (nSPS) is 21.4. The molecule has 1 aliphatic heterocycles. The van der Waals surface area contributed by atoms with Gasteiger partial charge in [0.05, 0.1) is 18.4 Å². The molecule has 0 aromatic carbocycles. The first-order valence-electron chi connectivity index (χ1n) is 9.07. The summed E-state index contributed by atoms with van der Waals surface area (Å²) in [4.78, 5) is 25.9. The van der Waals surface area contributed by atoms with Crippen molar-refractivity contribution in [2.45, 2.75) is 72.1 Å². The molecule has 2 unspecified atom stereocenters. The van der Waals surface area contributed by atoms with Gasteiger partial charge in [-0.05, 0) is 13.3 Å². The van der Waals surface area contributed by atoms with Gasteiger partial charge in [-0.15, -0.1) is 0 Å². The average Bonchev–Trinajstić information content (AvgIpc) is 2.78. The number of carbonyl (C=O) groups excluding carboxylic acids is 2. The number of unbranched alkanes of at least 4 members (excludes halogenated alkanes) is 7. The molecule has 1 heterocycles. The summed E-state index contributed by atoms with van der Waals surface area (Å²) < 4.78 is 5.06. The van der Waals surface area contributed by atoms with E-state index in [9.17, 15) is 9.59 Å². The first-order chi connectivity index (χ1) is 10.6. The first kappa shape index (κ1) is 19.0. The standard InChI is InChI=1S/C18H33NO3/c1-4-6-7-8-9-10-11-12-13-19-14-16(15(3)17(19)20)18(21)22-5-2/h15-16H,4-14H2,1-3H3. The molecule has 0 radical (unpaired) electrons. The van der Waals surface area contributed by atoms with E-state index in [-0.39, 0.29) is 23.7 Å². The van der Waals surface area contributed by atoms with Gasteiger partial charge >= 0.3 is 5.97 Å². The molecule has 0 saturated carbocycles. The number of nitrogens with zero attached hydrogens (tertiary/aromatic N) is 1. The Hall–Kier alpha value is -1.06. The van der Waals surface area contributed by atoms with Gasteiger partial charge in [-0.1, -0.05) is 58.8 Å². The molecule has 0 aromatic rings. The van der Waals surface area contributed by atoms with E-state index in [0.717, 1.165) is 13.0 Å². The van der Waals surface area contributed by atoms with E-state index >= 15 is 0 Å². The Balaban J connectivity index is 2.18. The van der Waals surface area contributed by atoms with E-state index in [2.05, 4.69) is 6.92 Å². The van der Waals surface area contributed by atoms with E-state index in [1.807, 2.05) is 11.8 Å². The van der Waals surface area contributed by atoms with Crippen LogP contribution in [-0.2, 0) is 14.3 Å². The minimum Gasteiger partial charge on any atom is -0.466 e. The molecule has 0 aliphatic carbocycles. The van der Waals surface area contributed by atoms with E-state index in [1.54, 1.807) is 6.92 Å². The Bertz CT molecular complexity index is 343. The van der Waals surface area contributed by atoms with Gasteiger partial charge in [0.2, 0.25) is 5.91 Å². The lowest BCUT2D eigenvalue weighted by atomic mass is 9.98. The second kappa shape index (κ2) is 10.6. The fourth-order valence-electron chi connectivity index (χ4n) is 3.11. The SMILES string of the molecule is CCCCCCCCCCN1CC(C(=O)OCC)C(C)C1=O. The lowest BCUT2D eigenvalue weighted by Crippen LogP contribution is -2.28. The zero-order chi connectivity index (χ0) is 16.4. The van der Waals surface area contributed by atoms with Crippen LogP contribution in [0.15, 0.2) is 0 Å². The Labute approximate surface area is 135 Å². The van der Waals surface area contributed by atoms with Crippen molar-refractivity contribution in [2.75, 3.05) is 19.7 Å². The zero-order valence-electron chi connectivity index (χ0n) is 14.6. The first-order valence-corrected chi connectivity index (χ1v) is 9.07. The molecule has 1 aliphatic rings. The van der Waals surface area contributed by atoms with Crippen molar-refractivity contribution in [3.8, 4) is 0 Å². The van der Waals surface area contributed by atoms with Gasteiger partial charge in [0.15, 0.2) is 0 Å². The highest BCUT2D eigenvalue weighted by Crippen LogP contribution is 2.26. The van der Waals surface area contributed by atoms with Crippen LogP contribution in [0, 0.1) is 11.8 Å². The van der Waals surface area contributed by atoms with Gasteiger partial charge in [-0.25, -0.2) is 0 Å². The van der Waals surface area contributed by atoms with Crippen LogP contribution in [-0.4, -0.2) is 36.5 Å². The highest BCUT2D eigenvalue weighted by Gasteiger charge is 2.41. The number of hydrogen-bond donors (Lipinski definition) is 0. The number of ether oxygens (including phenoxy) is 1. The van der Waals surface area contributed by atoms with Crippen LogP contribution in [0.25, 0.3) is 0 Å². The Morgan fingerprint density at radius 3 is 2.27 bits per heavy atom. The van der Waals surface area contributed by atoms with Gasteiger partial charge in [-0.3, -0.25) is 9.59 Å². The van der Waals surface area contributed by atoms with E-state index in [4.69, 9.17) is 4.74 Å². The van der Waals surface area contributed by atoms with E-state index in [1.165, 1.54) is 44.9 Å². The number of amides is 1. The average molecular weight is 311 g/mol. The molecule has 0 N–H and O–H groups in total. The summed E-state index contributed by atoms with van der Waals surface area (Å²) in [6.45, 7) is 7.59. The Morgan fingerprint density at radius 2 is 1.68 bits per heavy atom. The number of likely N-dealkylation sites (tertiary alicyclic amines) is 1. The molecule has 1 amide bonds. The van der Waals surface area contributed by atoms with E-state index < -0.39 is 0 Å². The van der Waals surface area contributed by atoms with Crippen molar-refractivity contribution in [3.05, 3.63) is 0 Å². The summed E-state index contributed by atoms with van der Waals surface area (Å²) >= 11 is 0. The third kappa shape index (κ3) is 5.98. The van der Waals surface area contributed by atoms with Crippen LogP contribution >= 0.6 is 0 Å². The van der Waals surface area contributed by atoms with Crippen molar-refractivity contribution >= 4 is 11.9 Å². The summed E-state index contributed by atoms with van der Waals surface area (Å²) in [5.74, 6) is -0.614. The topological polar surface area (TPSA) is 46.6 Å². The maximum atomic E-state index is 12.2. The highest BCUT2D eigenvalue weighted by molar-refractivity contribution is 5.88. The monoisotopic (exact) mass is 311 g/mol. The molecule has 0 aromatic heterocycles. The third-order valence-corrected chi connectivity index (χ3v) is 4.59. The number of rotatable bonds is 11. The molecular weight excluding hydrogens is 278 g/mol. The molecule has 4 heteroatoms. The van der Waals surface area contributed by atoms with Crippen molar-refractivity contribution in [1.82, 2.24) is 4.90 Å². The molecule has 1 fully saturated rings. The van der Waals surface area contributed by atoms with Crippen LogP contribution in [0.2, 0.25) is 0 Å². The Kier molecular flexibility index (Phi) is 9.17. The second-order valence-corrected chi connectivity index (χ2v) is 6.41. The minimum atomic E-state index is -0.276. The lowest BCUT2D eigenvalue weighted by molar-refractivity contribution is -0.149. The van der Waals surface area contributed by atoms with Crippen molar-refractivity contribution < 1.29 is 14.3 Å². The summed E-state index contributed by atoms with van der Waals surface area (Å²) in [7, 11) is 0. The summed E-state index contributed by atoms with van der Waals surface area (Å²) in [6, 6.07) is 0. The van der Waals surface area contributed by atoms with Crippen LogP contribution in [0.1, 0.15) is 72.1 Å². The summed E-state index contributed by atoms with van der Waals surface area (Å²) in [5, 5.41) is 0. The quantitative estimate of drug-likeness (QED) is 0.431. The molecule has 0 spiro atoms. The number of esters is 1. The predicted molar refractivity (Wildman–Crippen MR) is 88.5 cm³/mol. The second-order valence-electron chi connectivity index (χ2n) is 6.41. The maximum absolute atomic E-state index is 12.2. The van der Waals surface area contributed by atoms with Gasteiger partial charge in [-0.2, -0.15) is 0 Å². The third-order valence-electron chi connectivity index (χ3n) is 4.59. The van der Waals surface area contributed by atoms with Gasteiger partial charge in [0, 0.05) is 13.1 Å². The van der Waals surface area contributed by atoms with Crippen molar-refractivity contribution in [3.63, 3.8) is 0 Å². The summed E-state index contributed by atoms with van der Waals surface area (Å²) in [6.07, 6.45) is 10.1. The smallest absolute Gasteiger partial charge is 0.311 e. The Morgan fingerprint density at radius 1 is 1.09 bits per heavy atom. The summed E-state index contributed by atoms with van der Waals surface area (Å²) in [5.41, 5.74) is 0. The van der Waals surface area contributed by atoms with E-state index in [0.29, 0.717) is 13.2 Å². The fraction of sp³-hybridized carbons (Fsp3) is 0.889. The number of hydrogen-bond acceptors (Lipinski definition) is 3. The highest BCUT2D eigenvalue weighted by atomic mass is 16.5. The minimum absolute atomic E-state index is 0.112. The molecule has 2 atom stereocenters. The van der Waals surface area contributed by atoms with Crippen LogP contribution in [0.5, 0.6) is 0 Å². The molecule has 1 rings (SSSR count). The largest absolute Gasteiger partial charge is 0.466 e. The maximum Gasteiger partial charge on any atom is 0.311 e. The van der Waals surface area contributed by atoms with Crippen LogP contribution in [0.4, 0.5) is 0 Å². The number of carbonyl (C=O) groups is 2. The fourth-order valence-corrected chi connectivity index (χ4v) is 3.11. The molecule has 0 bridgehead atoms. The van der Waals surface area contributed by atoms with Crippen LogP contribution < -0.4 is 0 Å². The zero-order valence-corrected chi connectivity index (χ0v) is 14.6. The predicted octanol–water partition coefficient (Wildman–Crippen LogP) is 3.78. The molecular formula is C18H33NO3. The molecule has 22 heavy (non-hydrogen) atoms. The van der Waals surface area contributed by atoms with Crippen LogP contribution in [0.3, 0.4) is 0 Å². The van der Waals surface area contributed by atoms with Crippen molar-refractivity contribution in [2.24, 2.45) is 11.8 Å². The van der Waals surface area contributed by atoms with Gasteiger partial charge < -0.3 is 9.64 Å². The molecule has 4 nitrogen and oxygen atoms in total. The van der Waals surface area contributed by atoms with Gasteiger partial charge in [0.25, 0.3) is 0 Å². The molecule has 1 saturated heterocycles. The molecule has 128 valence electrons. The van der Waals surface area contributed by atoms with Crippen molar-refractivity contribution in [1.29, 1.82) is 0 Å². The lowest BCUT2D eigenvalue weighted by Gasteiger charge is -2.16.